The second kappa shape index (κ2) is 10.1. The normalized spacial score (nSPS) is 18.5. The summed E-state index contributed by atoms with van der Waals surface area (Å²) in [6, 6.07) is 8.49. The number of aromatic nitrogens is 3. The van der Waals surface area contributed by atoms with Crippen molar-refractivity contribution in [1.29, 1.82) is 0 Å². The summed E-state index contributed by atoms with van der Waals surface area (Å²) in [7, 11) is 0. The first-order valence-electron chi connectivity index (χ1n) is 11.4. The van der Waals surface area contributed by atoms with Crippen molar-refractivity contribution in [2.24, 2.45) is 0 Å². The molecule has 0 radical (unpaired) electrons. The van der Waals surface area contributed by atoms with E-state index in [2.05, 4.69) is 15.0 Å². The Morgan fingerprint density at radius 1 is 1.03 bits per heavy atom. The lowest BCUT2D eigenvalue weighted by atomic mass is 10.1. The average molecular weight is 524 g/mol. The quantitative estimate of drug-likeness (QED) is 0.443. The smallest absolute Gasteiger partial charge is 0.419 e. The molecule has 190 valence electrons. The summed E-state index contributed by atoms with van der Waals surface area (Å²) < 4.78 is 65.4. The van der Waals surface area contributed by atoms with E-state index in [1.54, 1.807) is 17.0 Å². The van der Waals surface area contributed by atoms with E-state index in [-0.39, 0.29) is 23.0 Å². The van der Waals surface area contributed by atoms with Crippen molar-refractivity contribution < 1.29 is 27.0 Å². The fraction of sp³-hybridized carbons (Fsp3) is 0.375. The van der Waals surface area contributed by atoms with Crippen molar-refractivity contribution >= 4 is 23.2 Å². The highest BCUT2D eigenvalue weighted by molar-refractivity contribution is 6.31. The summed E-state index contributed by atoms with van der Waals surface area (Å²) in [6.45, 7) is 2.44. The zero-order valence-corrected chi connectivity index (χ0v) is 19.8. The molecule has 4 heterocycles. The number of ether oxygens (including phenoxy) is 2. The van der Waals surface area contributed by atoms with Gasteiger partial charge in [-0.05, 0) is 30.3 Å². The van der Waals surface area contributed by atoms with Crippen LogP contribution < -0.4 is 14.5 Å². The van der Waals surface area contributed by atoms with Gasteiger partial charge in [0.25, 0.3) is 0 Å². The largest absolute Gasteiger partial charge is 0.458 e. The lowest BCUT2D eigenvalue weighted by Gasteiger charge is -2.37. The van der Waals surface area contributed by atoms with Gasteiger partial charge in [-0.3, -0.25) is 0 Å². The highest BCUT2D eigenvalue weighted by Crippen LogP contribution is 2.36. The van der Waals surface area contributed by atoms with Gasteiger partial charge < -0.3 is 19.3 Å². The molecule has 0 saturated carbocycles. The number of pyridine rings is 1. The van der Waals surface area contributed by atoms with Crippen LogP contribution in [0, 0.1) is 5.82 Å². The topological polar surface area (TPSA) is 63.6 Å². The van der Waals surface area contributed by atoms with E-state index in [9.17, 15) is 17.6 Å². The number of halogens is 5. The maximum Gasteiger partial charge on any atom is 0.419 e. The molecule has 2 fully saturated rings. The summed E-state index contributed by atoms with van der Waals surface area (Å²) in [5, 5.41) is -0.0382. The third kappa shape index (κ3) is 5.31. The van der Waals surface area contributed by atoms with Crippen LogP contribution in [0.2, 0.25) is 5.02 Å². The van der Waals surface area contributed by atoms with Gasteiger partial charge in [-0.25, -0.2) is 9.37 Å². The molecule has 2 aliphatic heterocycles. The molecule has 0 spiro atoms. The van der Waals surface area contributed by atoms with Crippen molar-refractivity contribution in [3.05, 3.63) is 59.0 Å². The van der Waals surface area contributed by atoms with E-state index >= 15 is 0 Å². The van der Waals surface area contributed by atoms with Crippen LogP contribution in [0.25, 0.3) is 11.3 Å². The summed E-state index contributed by atoms with van der Waals surface area (Å²) in [4.78, 5) is 16.6. The van der Waals surface area contributed by atoms with Crippen molar-refractivity contribution in [3.63, 3.8) is 0 Å². The molecule has 0 bridgehead atoms. The first-order valence-corrected chi connectivity index (χ1v) is 11.8. The summed E-state index contributed by atoms with van der Waals surface area (Å²) in [5.41, 5.74) is 0.312. The van der Waals surface area contributed by atoms with E-state index in [0.717, 1.165) is 6.07 Å². The fourth-order valence-electron chi connectivity index (χ4n) is 4.20. The van der Waals surface area contributed by atoms with Crippen LogP contribution in [0.5, 0.6) is 6.01 Å². The van der Waals surface area contributed by atoms with Crippen LogP contribution in [-0.4, -0.2) is 60.4 Å². The van der Waals surface area contributed by atoms with Crippen LogP contribution in [0.15, 0.2) is 42.6 Å². The van der Waals surface area contributed by atoms with Gasteiger partial charge in [-0.1, -0.05) is 11.6 Å². The molecule has 1 aromatic carbocycles. The Kier molecular flexibility index (Phi) is 6.85. The molecule has 12 heteroatoms. The SMILES string of the molecule is Fc1ccc(-c2cc(N3CCN(c4ncccc4C(F)(F)F)CC3)nc(O[C@H]3CCOC3)n2)cc1Cl. The molecule has 5 rings (SSSR count). The lowest BCUT2D eigenvalue weighted by Crippen LogP contribution is -2.47. The van der Waals surface area contributed by atoms with Crippen LogP contribution >= 0.6 is 11.6 Å². The molecule has 1 atom stereocenters. The standard InChI is InChI=1S/C24H22ClF4N5O2/c25-18-12-15(3-4-19(18)26)20-13-21(32-23(31-20)36-16-5-11-35-14-16)33-7-9-34(10-8-33)22-17(24(27,28)29)2-1-6-30-22/h1-4,6,12-13,16H,5,7-11,14H2/t16-/m0/s1. The number of benzene rings is 1. The molecule has 0 aliphatic carbocycles. The first-order chi connectivity index (χ1) is 17.3. The minimum Gasteiger partial charge on any atom is -0.458 e. The molecule has 2 saturated heterocycles. The summed E-state index contributed by atoms with van der Waals surface area (Å²) >= 11 is 5.98. The van der Waals surface area contributed by atoms with Gasteiger partial charge >= 0.3 is 12.2 Å². The molecular formula is C24H22ClF4N5O2. The number of piperazine rings is 1. The third-order valence-corrected chi connectivity index (χ3v) is 6.35. The Morgan fingerprint density at radius 2 is 1.81 bits per heavy atom. The second-order valence-electron chi connectivity index (χ2n) is 8.47. The monoisotopic (exact) mass is 523 g/mol. The highest BCUT2D eigenvalue weighted by atomic mass is 35.5. The van der Waals surface area contributed by atoms with Gasteiger partial charge in [-0.15, -0.1) is 0 Å². The molecule has 0 N–H and O–H groups in total. The van der Waals surface area contributed by atoms with E-state index in [1.807, 2.05) is 4.90 Å². The average Bonchev–Trinajstić information content (AvgIpc) is 3.38. The molecule has 2 aliphatic rings. The Hall–Kier alpha value is -3.18. The van der Waals surface area contributed by atoms with Crippen LogP contribution in [0.3, 0.4) is 0 Å². The van der Waals surface area contributed by atoms with E-state index < -0.39 is 17.6 Å². The van der Waals surface area contributed by atoms with Crippen LogP contribution in [-0.2, 0) is 10.9 Å². The van der Waals surface area contributed by atoms with Gasteiger partial charge in [-0.2, -0.15) is 23.1 Å². The molecule has 0 unspecified atom stereocenters. The second-order valence-corrected chi connectivity index (χ2v) is 8.88. The summed E-state index contributed by atoms with van der Waals surface area (Å²) in [6.07, 6.45) is -2.62. The lowest BCUT2D eigenvalue weighted by molar-refractivity contribution is -0.137. The van der Waals surface area contributed by atoms with Crippen LogP contribution in [0.4, 0.5) is 29.2 Å². The fourth-order valence-corrected chi connectivity index (χ4v) is 4.38. The zero-order valence-electron chi connectivity index (χ0n) is 19.0. The predicted octanol–water partition coefficient (Wildman–Crippen LogP) is 4.84. The number of nitrogens with zero attached hydrogens (tertiary/aromatic N) is 5. The number of anilines is 2. The predicted molar refractivity (Wildman–Crippen MR) is 126 cm³/mol. The van der Waals surface area contributed by atoms with Gasteiger partial charge in [0.1, 0.15) is 23.6 Å². The van der Waals surface area contributed by atoms with E-state index in [1.165, 1.54) is 24.4 Å². The Morgan fingerprint density at radius 3 is 2.50 bits per heavy atom. The molecule has 7 nitrogen and oxygen atoms in total. The maximum atomic E-state index is 13.7. The van der Waals surface area contributed by atoms with Gasteiger partial charge in [0.05, 0.1) is 29.5 Å². The molecule has 0 amide bonds. The Balaban J connectivity index is 1.40. The summed E-state index contributed by atoms with van der Waals surface area (Å²) in [5.74, 6) is -0.0801. The van der Waals surface area contributed by atoms with Gasteiger partial charge in [0.2, 0.25) is 0 Å². The van der Waals surface area contributed by atoms with E-state index in [0.29, 0.717) is 62.9 Å². The number of hydrogen-bond acceptors (Lipinski definition) is 7. The molecular weight excluding hydrogens is 502 g/mol. The van der Waals surface area contributed by atoms with Crippen molar-refractivity contribution in [2.75, 3.05) is 49.2 Å². The minimum atomic E-state index is -4.49. The Bertz CT molecular complexity index is 1230. The third-order valence-electron chi connectivity index (χ3n) is 6.06. The van der Waals surface area contributed by atoms with E-state index in [4.69, 9.17) is 21.1 Å². The number of hydrogen-bond donors (Lipinski definition) is 0. The first kappa shape index (κ1) is 24.5. The van der Waals surface area contributed by atoms with Gasteiger partial charge in [0, 0.05) is 50.4 Å². The number of alkyl halides is 3. The molecule has 2 aromatic heterocycles. The Labute approximate surface area is 209 Å². The highest BCUT2D eigenvalue weighted by Gasteiger charge is 2.36. The maximum absolute atomic E-state index is 13.7. The van der Waals surface area contributed by atoms with Crippen LogP contribution in [0.1, 0.15) is 12.0 Å². The van der Waals surface area contributed by atoms with Crippen molar-refractivity contribution in [3.8, 4) is 17.3 Å². The zero-order chi connectivity index (χ0) is 25.3. The van der Waals surface area contributed by atoms with Crippen molar-refractivity contribution in [1.82, 2.24) is 15.0 Å². The molecule has 36 heavy (non-hydrogen) atoms. The molecule has 3 aromatic rings. The van der Waals surface area contributed by atoms with Gasteiger partial charge in [0.15, 0.2) is 0 Å². The minimum absolute atomic E-state index is 0.0382. The number of rotatable bonds is 5. The van der Waals surface area contributed by atoms with Crippen molar-refractivity contribution in [2.45, 2.75) is 18.7 Å².